The zero-order chi connectivity index (χ0) is 38.7. The van der Waals surface area contributed by atoms with E-state index < -0.39 is 17.3 Å². The molecule has 1 aliphatic heterocycles. The van der Waals surface area contributed by atoms with Crippen LogP contribution in [-0.4, -0.2) is 57.9 Å². The fourth-order valence-electron chi connectivity index (χ4n) is 5.66. The Balaban J connectivity index is 0.00000117. The highest BCUT2D eigenvalue weighted by molar-refractivity contribution is 5.99. The first-order valence-corrected chi connectivity index (χ1v) is 17.6. The number of likely N-dealkylation sites (tertiary alicyclic amines) is 1. The Morgan fingerprint density at radius 1 is 1.04 bits per heavy atom. The van der Waals surface area contributed by atoms with Crippen molar-refractivity contribution in [3.8, 4) is 23.4 Å². The number of nitrogens with zero attached hydrogens (tertiary/aromatic N) is 5. The van der Waals surface area contributed by atoms with Crippen molar-refractivity contribution in [1.82, 2.24) is 20.2 Å². The van der Waals surface area contributed by atoms with E-state index in [4.69, 9.17) is 15.7 Å². The van der Waals surface area contributed by atoms with E-state index in [-0.39, 0.29) is 30.3 Å². The van der Waals surface area contributed by atoms with Gasteiger partial charge in [0, 0.05) is 49.3 Å². The Bertz CT molecular complexity index is 1930. The van der Waals surface area contributed by atoms with Gasteiger partial charge in [-0.2, -0.15) is 4.98 Å². The van der Waals surface area contributed by atoms with Crippen molar-refractivity contribution in [3.63, 3.8) is 0 Å². The fraction of sp³-hybridized carbons (Fsp3) is 0.366. The van der Waals surface area contributed by atoms with Crippen LogP contribution in [-0.2, 0) is 17.9 Å². The lowest BCUT2D eigenvalue weighted by molar-refractivity contribution is -0.129. The van der Waals surface area contributed by atoms with Crippen molar-refractivity contribution in [3.05, 3.63) is 101 Å². The Morgan fingerprint density at radius 3 is 2.26 bits per heavy atom. The molecule has 2 heterocycles. The molecule has 0 atom stereocenters. The number of aryl methyl sites for hydroxylation is 1. The number of amides is 1. The van der Waals surface area contributed by atoms with Crippen molar-refractivity contribution < 1.29 is 18.7 Å². The quantitative estimate of drug-likeness (QED) is 0.0582. The van der Waals surface area contributed by atoms with Crippen molar-refractivity contribution in [2.75, 3.05) is 30.4 Å². The summed E-state index contributed by atoms with van der Waals surface area (Å²) >= 11 is 0. The standard InChI is InChI=1S/C36H38F2N8O2.C5H12/c1-23-12-13-26(34(39)41-21-25-8-5-4-6-9-25)20-28(23)32-29(22-40-3)35(46(18-19-47)33-30(37)10-7-11-31(33)38)44-36(43-32)42-27-14-16-45(17-15-27)24(2)48;1-5(2,3)4/h4-13,20,27,40,47H,14-17,21-22H2,1-3H3,(H2,39,41)(H,42,43,44);1-4H3. The molecule has 53 heavy (non-hydrogen) atoms. The highest BCUT2D eigenvalue weighted by Gasteiger charge is 2.28. The summed E-state index contributed by atoms with van der Waals surface area (Å²) in [6.45, 7) is 13.9. The summed E-state index contributed by atoms with van der Waals surface area (Å²) in [6, 6.07) is 21.3. The average molecular weight is 725 g/mol. The molecule has 0 bridgehead atoms. The van der Waals surface area contributed by atoms with Crippen LogP contribution < -0.4 is 21.3 Å². The predicted octanol–water partition coefficient (Wildman–Crippen LogP) is 7.26. The lowest BCUT2D eigenvalue weighted by Crippen LogP contribution is -2.41. The molecule has 1 aromatic heterocycles. The van der Waals surface area contributed by atoms with E-state index in [1.807, 2.05) is 55.5 Å². The topological polar surface area (TPSA) is 132 Å². The van der Waals surface area contributed by atoms with Gasteiger partial charge in [0.05, 0.1) is 18.3 Å². The third kappa shape index (κ3) is 11.2. The van der Waals surface area contributed by atoms with Crippen molar-refractivity contribution in [1.29, 1.82) is 0 Å². The highest BCUT2D eigenvalue weighted by atomic mass is 19.1. The smallest absolute Gasteiger partial charge is 0.225 e. The zero-order valence-electron chi connectivity index (χ0n) is 31.6. The molecule has 0 saturated carbocycles. The van der Waals surface area contributed by atoms with Gasteiger partial charge < -0.3 is 26.4 Å². The first-order valence-electron chi connectivity index (χ1n) is 17.6. The van der Waals surface area contributed by atoms with Crippen LogP contribution in [0.5, 0.6) is 0 Å². The number of nitrogens with one attached hydrogen (secondary N) is 2. The SMILES string of the molecule is CC(C)(C)C.CNCc1c(-c2cc(C(N)=NCc3ccccc3)ccc2C)nc(NC2CCN(C(C)=O)CC2)nc1N(C#CO)c1c(F)cccc1F. The minimum atomic E-state index is -0.889. The van der Waals surface area contributed by atoms with Gasteiger partial charge in [-0.3, -0.25) is 9.79 Å². The van der Waals surface area contributed by atoms with Crippen LogP contribution in [0.15, 0.2) is 71.7 Å². The number of amidine groups is 1. The van der Waals surface area contributed by atoms with E-state index in [0.717, 1.165) is 28.2 Å². The van der Waals surface area contributed by atoms with Gasteiger partial charge in [0.2, 0.25) is 11.9 Å². The van der Waals surface area contributed by atoms with Crippen LogP contribution in [0, 0.1) is 36.1 Å². The van der Waals surface area contributed by atoms with Gasteiger partial charge in [0.15, 0.2) is 17.5 Å². The Labute approximate surface area is 311 Å². The molecular formula is C41H50F2N8O2. The number of piperidine rings is 1. The molecule has 0 unspecified atom stereocenters. The molecule has 5 rings (SSSR count). The van der Waals surface area contributed by atoms with Crippen molar-refractivity contribution in [2.45, 2.75) is 73.5 Å². The molecule has 4 aromatic rings. The van der Waals surface area contributed by atoms with Gasteiger partial charge >= 0.3 is 0 Å². The second-order valence-electron chi connectivity index (χ2n) is 14.5. The number of hydrogen-bond acceptors (Lipinski definition) is 8. The molecule has 12 heteroatoms. The zero-order valence-corrected chi connectivity index (χ0v) is 31.6. The van der Waals surface area contributed by atoms with Crippen LogP contribution >= 0.6 is 0 Å². The van der Waals surface area contributed by atoms with E-state index in [2.05, 4.69) is 49.4 Å². The molecule has 5 N–H and O–H groups in total. The van der Waals surface area contributed by atoms with Gasteiger partial charge in [-0.25, -0.2) is 18.7 Å². The Hall–Kier alpha value is -5.54. The summed E-state index contributed by atoms with van der Waals surface area (Å²) in [5.41, 5.74) is 10.7. The number of benzene rings is 3. The lowest BCUT2D eigenvalue weighted by atomic mass is 9.98. The largest absolute Gasteiger partial charge is 0.461 e. The molecule has 280 valence electrons. The molecule has 1 fully saturated rings. The minimum Gasteiger partial charge on any atom is -0.461 e. The molecule has 3 aromatic carbocycles. The van der Waals surface area contributed by atoms with Gasteiger partial charge in [-0.05, 0) is 61.6 Å². The van der Waals surface area contributed by atoms with Crippen LogP contribution in [0.4, 0.5) is 26.2 Å². The number of halogens is 2. The lowest BCUT2D eigenvalue weighted by Gasteiger charge is -2.32. The second-order valence-corrected chi connectivity index (χ2v) is 14.5. The minimum absolute atomic E-state index is 0.0118. The monoisotopic (exact) mass is 724 g/mol. The summed E-state index contributed by atoms with van der Waals surface area (Å²) < 4.78 is 30.5. The first kappa shape index (κ1) is 40.2. The molecule has 10 nitrogen and oxygen atoms in total. The number of aromatic nitrogens is 2. The summed E-state index contributed by atoms with van der Waals surface area (Å²) in [4.78, 5) is 29.0. The number of carbonyl (C=O) groups is 1. The summed E-state index contributed by atoms with van der Waals surface area (Å²) in [6.07, 6.45) is 3.10. The van der Waals surface area contributed by atoms with Gasteiger partial charge in [0.1, 0.15) is 17.6 Å². The van der Waals surface area contributed by atoms with E-state index in [1.54, 1.807) is 25.0 Å². The number of para-hydroxylation sites is 1. The number of nitrogens with two attached hydrogens (primary N) is 1. The highest BCUT2D eigenvalue weighted by Crippen LogP contribution is 2.37. The van der Waals surface area contributed by atoms with E-state index >= 15 is 8.78 Å². The van der Waals surface area contributed by atoms with Crippen LogP contribution in [0.1, 0.15) is 69.7 Å². The van der Waals surface area contributed by atoms with E-state index in [1.165, 1.54) is 6.07 Å². The fourth-order valence-corrected chi connectivity index (χ4v) is 5.66. The normalized spacial score (nSPS) is 13.4. The molecule has 1 saturated heterocycles. The third-order valence-electron chi connectivity index (χ3n) is 8.21. The molecule has 1 aliphatic rings. The number of aliphatic imine (C=N–C) groups is 1. The number of hydrogen-bond donors (Lipinski definition) is 4. The maximum atomic E-state index is 15.3. The summed E-state index contributed by atoms with van der Waals surface area (Å²) in [7, 11) is 1.73. The van der Waals surface area contributed by atoms with Gasteiger partial charge in [-0.15, -0.1) is 0 Å². The number of rotatable bonds is 10. The average Bonchev–Trinajstić information content (AvgIpc) is 3.11. The Kier molecular flexibility index (Phi) is 13.9. The number of anilines is 3. The molecule has 0 radical (unpaired) electrons. The molecular weight excluding hydrogens is 675 g/mol. The summed E-state index contributed by atoms with van der Waals surface area (Å²) in [5.74, 6) is -1.17. The van der Waals surface area contributed by atoms with Gasteiger partial charge in [0.25, 0.3) is 0 Å². The Morgan fingerprint density at radius 2 is 1.68 bits per heavy atom. The van der Waals surface area contributed by atoms with Gasteiger partial charge in [-0.1, -0.05) is 76.2 Å². The first-order chi connectivity index (χ1) is 25.2. The third-order valence-corrected chi connectivity index (χ3v) is 8.21. The second kappa shape index (κ2) is 18.3. The molecule has 1 amide bonds. The van der Waals surface area contributed by atoms with Crippen LogP contribution in [0.2, 0.25) is 0 Å². The number of aliphatic hydroxyl groups excluding tert-OH is 1. The maximum absolute atomic E-state index is 15.3. The molecule has 0 aliphatic carbocycles. The molecule has 0 spiro atoms. The number of carbonyl (C=O) groups excluding carboxylic acids is 1. The van der Waals surface area contributed by atoms with Crippen molar-refractivity contribution in [2.24, 2.45) is 16.1 Å². The van der Waals surface area contributed by atoms with E-state index in [9.17, 15) is 9.90 Å². The van der Waals surface area contributed by atoms with Crippen LogP contribution in [0.3, 0.4) is 0 Å². The maximum Gasteiger partial charge on any atom is 0.225 e. The van der Waals surface area contributed by atoms with Crippen molar-refractivity contribution >= 4 is 29.2 Å². The summed E-state index contributed by atoms with van der Waals surface area (Å²) in [5, 5.41) is 16.2. The number of aliphatic hydroxyl groups is 1. The predicted molar refractivity (Wildman–Crippen MR) is 208 cm³/mol. The van der Waals surface area contributed by atoms with Crippen LogP contribution in [0.25, 0.3) is 11.3 Å². The van der Waals surface area contributed by atoms with E-state index in [0.29, 0.717) is 66.1 Å².